The molecule has 1 saturated heterocycles. The van der Waals surface area contributed by atoms with Crippen molar-refractivity contribution in [3.8, 4) is 0 Å². The number of rotatable bonds is 2. The number of piperidine rings is 1. The van der Waals surface area contributed by atoms with Gasteiger partial charge in [-0.15, -0.1) is 0 Å². The number of carbonyl (C=O) groups is 1. The molecule has 0 aromatic rings. The lowest BCUT2D eigenvalue weighted by molar-refractivity contribution is -0.133. The lowest BCUT2D eigenvalue weighted by Crippen LogP contribution is -2.47. The first-order chi connectivity index (χ1) is 6.29. The van der Waals surface area contributed by atoms with E-state index in [0.29, 0.717) is 17.9 Å². The molecule has 2 rings (SSSR count). The third kappa shape index (κ3) is 2.02. The molecule has 0 bridgehead atoms. The van der Waals surface area contributed by atoms with Gasteiger partial charge in [0.2, 0.25) is 5.91 Å². The number of hydrogen-bond acceptors (Lipinski definition) is 2. The SMILES string of the molecule is CN(C(=O)C1CC1)[C@H]1CCCNC1. The van der Waals surface area contributed by atoms with Crippen LogP contribution in [0, 0.1) is 5.92 Å². The largest absolute Gasteiger partial charge is 0.341 e. The van der Waals surface area contributed by atoms with Gasteiger partial charge in [0.25, 0.3) is 0 Å². The number of nitrogens with one attached hydrogen (secondary N) is 1. The molecule has 1 N–H and O–H groups in total. The summed E-state index contributed by atoms with van der Waals surface area (Å²) in [5.41, 5.74) is 0. The molecule has 0 spiro atoms. The highest BCUT2D eigenvalue weighted by atomic mass is 16.2. The van der Waals surface area contributed by atoms with Gasteiger partial charge in [-0.1, -0.05) is 0 Å². The summed E-state index contributed by atoms with van der Waals surface area (Å²) in [6.07, 6.45) is 4.60. The molecule has 1 atom stereocenters. The molecular weight excluding hydrogens is 164 g/mol. The van der Waals surface area contributed by atoms with Crippen molar-refractivity contribution in [1.29, 1.82) is 0 Å². The topological polar surface area (TPSA) is 32.3 Å². The van der Waals surface area contributed by atoms with Crippen LogP contribution in [0.4, 0.5) is 0 Å². The summed E-state index contributed by atoms with van der Waals surface area (Å²) in [6.45, 7) is 2.09. The second kappa shape index (κ2) is 3.66. The summed E-state index contributed by atoms with van der Waals surface area (Å²) < 4.78 is 0. The van der Waals surface area contributed by atoms with Crippen molar-refractivity contribution in [2.75, 3.05) is 20.1 Å². The predicted octanol–water partition coefficient (Wildman–Crippen LogP) is 0.607. The second-order valence-corrected chi connectivity index (χ2v) is 4.22. The van der Waals surface area contributed by atoms with Gasteiger partial charge in [0, 0.05) is 25.6 Å². The van der Waals surface area contributed by atoms with Crippen LogP contribution in [0.1, 0.15) is 25.7 Å². The van der Waals surface area contributed by atoms with Gasteiger partial charge < -0.3 is 10.2 Å². The summed E-state index contributed by atoms with van der Waals surface area (Å²) in [6, 6.07) is 0.446. The highest BCUT2D eigenvalue weighted by molar-refractivity contribution is 5.81. The van der Waals surface area contributed by atoms with Crippen LogP contribution in [0.25, 0.3) is 0 Å². The first-order valence-corrected chi connectivity index (χ1v) is 5.26. The molecule has 1 heterocycles. The van der Waals surface area contributed by atoms with Crippen molar-refractivity contribution in [2.24, 2.45) is 5.92 Å². The highest BCUT2D eigenvalue weighted by Gasteiger charge is 2.34. The van der Waals surface area contributed by atoms with Crippen LogP contribution in [0.3, 0.4) is 0 Å². The zero-order valence-corrected chi connectivity index (χ0v) is 8.25. The Hall–Kier alpha value is -0.570. The van der Waals surface area contributed by atoms with Crippen molar-refractivity contribution in [3.63, 3.8) is 0 Å². The fourth-order valence-electron chi connectivity index (χ4n) is 1.96. The van der Waals surface area contributed by atoms with E-state index in [-0.39, 0.29) is 0 Å². The predicted molar refractivity (Wildman–Crippen MR) is 51.4 cm³/mol. The molecule has 1 aliphatic heterocycles. The summed E-state index contributed by atoms with van der Waals surface area (Å²) in [5.74, 6) is 0.737. The van der Waals surface area contributed by atoms with E-state index in [0.717, 1.165) is 25.9 Å². The molecule has 3 nitrogen and oxygen atoms in total. The van der Waals surface area contributed by atoms with Gasteiger partial charge >= 0.3 is 0 Å². The molecule has 0 aromatic heterocycles. The van der Waals surface area contributed by atoms with Crippen molar-refractivity contribution in [2.45, 2.75) is 31.7 Å². The van der Waals surface area contributed by atoms with E-state index in [1.54, 1.807) is 0 Å². The molecular formula is C10H18N2O. The first-order valence-electron chi connectivity index (χ1n) is 5.26. The normalized spacial score (nSPS) is 28.5. The summed E-state index contributed by atoms with van der Waals surface area (Å²) >= 11 is 0. The van der Waals surface area contributed by atoms with Crippen LogP contribution in [-0.2, 0) is 4.79 Å². The molecule has 0 aromatic carbocycles. The number of hydrogen-bond donors (Lipinski definition) is 1. The molecule has 1 saturated carbocycles. The first kappa shape index (κ1) is 9.00. The molecule has 1 amide bonds. The Morgan fingerprint density at radius 1 is 1.38 bits per heavy atom. The zero-order valence-electron chi connectivity index (χ0n) is 8.25. The summed E-state index contributed by atoms with van der Waals surface area (Å²) in [7, 11) is 1.96. The molecule has 0 unspecified atom stereocenters. The van der Waals surface area contributed by atoms with Gasteiger partial charge in [-0.25, -0.2) is 0 Å². The molecule has 0 radical (unpaired) electrons. The average molecular weight is 182 g/mol. The van der Waals surface area contributed by atoms with Gasteiger partial charge in [0.15, 0.2) is 0 Å². The lowest BCUT2D eigenvalue weighted by atomic mass is 10.1. The van der Waals surface area contributed by atoms with Crippen molar-refractivity contribution < 1.29 is 4.79 Å². The standard InChI is InChI=1S/C10H18N2O/c1-12(10(13)8-4-5-8)9-3-2-6-11-7-9/h8-9,11H,2-7H2,1H3/t9-/m0/s1. The van der Waals surface area contributed by atoms with E-state index in [1.165, 1.54) is 12.8 Å². The molecule has 2 fully saturated rings. The second-order valence-electron chi connectivity index (χ2n) is 4.22. The van der Waals surface area contributed by atoms with Crippen molar-refractivity contribution >= 4 is 5.91 Å². The minimum Gasteiger partial charge on any atom is -0.341 e. The van der Waals surface area contributed by atoms with E-state index in [4.69, 9.17) is 0 Å². The third-order valence-electron chi connectivity index (χ3n) is 3.09. The number of nitrogens with zero attached hydrogens (tertiary/aromatic N) is 1. The van der Waals surface area contributed by atoms with Crippen LogP contribution in [0.15, 0.2) is 0 Å². The molecule has 13 heavy (non-hydrogen) atoms. The molecule has 74 valence electrons. The Balaban J connectivity index is 1.86. The minimum atomic E-state index is 0.368. The zero-order chi connectivity index (χ0) is 9.26. The molecule has 3 heteroatoms. The van der Waals surface area contributed by atoms with Crippen LogP contribution in [0.5, 0.6) is 0 Å². The number of amides is 1. The van der Waals surface area contributed by atoms with Crippen molar-refractivity contribution in [3.05, 3.63) is 0 Å². The number of likely N-dealkylation sites (N-methyl/N-ethyl adjacent to an activating group) is 1. The van der Waals surface area contributed by atoms with E-state index in [2.05, 4.69) is 5.32 Å². The summed E-state index contributed by atoms with van der Waals surface area (Å²) in [5, 5.41) is 3.34. The van der Waals surface area contributed by atoms with Gasteiger partial charge in [-0.3, -0.25) is 4.79 Å². The third-order valence-corrected chi connectivity index (χ3v) is 3.09. The number of carbonyl (C=O) groups excluding carboxylic acids is 1. The maximum Gasteiger partial charge on any atom is 0.225 e. The highest BCUT2D eigenvalue weighted by Crippen LogP contribution is 2.31. The molecule has 1 aliphatic carbocycles. The van der Waals surface area contributed by atoms with E-state index in [9.17, 15) is 4.79 Å². The Labute approximate surface area is 79.5 Å². The Morgan fingerprint density at radius 2 is 2.15 bits per heavy atom. The van der Waals surface area contributed by atoms with E-state index in [1.807, 2.05) is 11.9 Å². The van der Waals surface area contributed by atoms with Gasteiger partial charge in [-0.2, -0.15) is 0 Å². The smallest absolute Gasteiger partial charge is 0.225 e. The Bertz CT molecular complexity index is 195. The lowest BCUT2D eigenvalue weighted by Gasteiger charge is -2.31. The van der Waals surface area contributed by atoms with Gasteiger partial charge in [0.1, 0.15) is 0 Å². The van der Waals surface area contributed by atoms with Crippen LogP contribution in [0.2, 0.25) is 0 Å². The average Bonchev–Trinajstić information content (AvgIpc) is 3.00. The van der Waals surface area contributed by atoms with Crippen LogP contribution in [-0.4, -0.2) is 37.0 Å². The van der Waals surface area contributed by atoms with Gasteiger partial charge in [-0.05, 0) is 32.2 Å². The van der Waals surface area contributed by atoms with Crippen LogP contribution < -0.4 is 5.32 Å². The van der Waals surface area contributed by atoms with Gasteiger partial charge in [0.05, 0.1) is 0 Å². The van der Waals surface area contributed by atoms with E-state index >= 15 is 0 Å². The fraction of sp³-hybridized carbons (Fsp3) is 0.900. The Morgan fingerprint density at radius 3 is 2.69 bits per heavy atom. The minimum absolute atomic E-state index is 0.368. The molecule has 2 aliphatic rings. The van der Waals surface area contributed by atoms with Crippen LogP contribution >= 0.6 is 0 Å². The quantitative estimate of drug-likeness (QED) is 0.678. The van der Waals surface area contributed by atoms with E-state index < -0.39 is 0 Å². The Kier molecular flexibility index (Phi) is 2.54. The van der Waals surface area contributed by atoms with Crippen molar-refractivity contribution in [1.82, 2.24) is 10.2 Å². The maximum atomic E-state index is 11.7. The maximum absolute atomic E-state index is 11.7. The summed E-state index contributed by atoms with van der Waals surface area (Å²) in [4.78, 5) is 13.7. The monoisotopic (exact) mass is 182 g/mol. The fourth-order valence-corrected chi connectivity index (χ4v) is 1.96.